The van der Waals surface area contributed by atoms with Crippen molar-refractivity contribution in [2.24, 2.45) is 5.92 Å². The molecule has 0 bridgehead atoms. The molecule has 0 N–H and O–H groups in total. The molecule has 3 nitrogen and oxygen atoms in total. The smallest absolute Gasteiger partial charge is 0.0655 e. The van der Waals surface area contributed by atoms with Gasteiger partial charge in [-0.05, 0) is 134 Å². The zero-order valence-corrected chi connectivity index (χ0v) is 39.7. The summed E-state index contributed by atoms with van der Waals surface area (Å²) in [7, 11) is 0. The van der Waals surface area contributed by atoms with Gasteiger partial charge in [-0.3, -0.25) is 0 Å². The zero-order chi connectivity index (χ0) is 46.5. The zero-order valence-electron chi connectivity index (χ0n) is 39.7. The van der Waals surface area contributed by atoms with Gasteiger partial charge in [0, 0.05) is 55.7 Å². The molecule has 0 fully saturated rings. The maximum Gasteiger partial charge on any atom is 0.0655 e. The van der Waals surface area contributed by atoms with Crippen molar-refractivity contribution < 1.29 is 0 Å². The van der Waals surface area contributed by atoms with Gasteiger partial charge >= 0.3 is 0 Å². The van der Waals surface area contributed by atoms with Crippen LogP contribution in [0.5, 0.6) is 0 Å². The molecule has 3 aliphatic carbocycles. The third kappa shape index (κ3) is 7.73. The molecule has 2 heterocycles. The number of allylic oxidation sites excluding steroid dienone is 8. The summed E-state index contributed by atoms with van der Waals surface area (Å²) in [4.78, 5) is 5.06. The Bertz CT molecular complexity index is 3490. The fraction of sp³-hybridized carbons (Fsp3) is 0.152. The lowest BCUT2D eigenvalue weighted by atomic mass is 9.71. The lowest BCUT2D eigenvalue weighted by Gasteiger charge is -2.37. The van der Waals surface area contributed by atoms with Crippen LogP contribution in [0.15, 0.2) is 241 Å². The number of para-hydroxylation sites is 4. The Morgan fingerprint density at radius 2 is 1.26 bits per heavy atom. The SMILES string of the molecule is CC1=CCC=C(C(Cc2ccc(-c3ccc(N(c4ccc(C)cc4)C4C=c5c(n(-c6ccccc6)c6ccccc56)=CC4)cc3)cc2)C2=CC3(C)c4ccccc4N(c4ccccc4)C3C=C2)C=C1. The number of aromatic nitrogens is 1. The van der Waals surface area contributed by atoms with Gasteiger partial charge in [0.15, 0.2) is 0 Å². The highest BCUT2D eigenvalue weighted by molar-refractivity contribution is 5.86. The summed E-state index contributed by atoms with van der Waals surface area (Å²) in [6.07, 6.45) is 24.6. The van der Waals surface area contributed by atoms with E-state index in [1.54, 1.807) is 0 Å². The van der Waals surface area contributed by atoms with Crippen molar-refractivity contribution in [2.75, 3.05) is 9.80 Å². The molecule has 1 aromatic heterocycles. The van der Waals surface area contributed by atoms with E-state index in [2.05, 4.69) is 272 Å². The average Bonchev–Trinajstić information content (AvgIpc) is 3.75. The number of hydrogen-bond donors (Lipinski definition) is 0. The van der Waals surface area contributed by atoms with Crippen LogP contribution in [0.1, 0.15) is 43.4 Å². The molecule has 7 aromatic carbocycles. The van der Waals surface area contributed by atoms with Crippen LogP contribution in [-0.4, -0.2) is 16.7 Å². The molecule has 0 amide bonds. The Hall–Kier alpha value is -7.88. The number of aryl methyl sites for hydroxylation is 1. The Labute approximate surface area is 407 Å². The van der Waals surface area contributed by atoms with Gasteiger partial charge in [0.25, 0.3) is 0 Å². The van der Waals surface area contributed by atoms with E-state index in [0.717, 1.165) is 19.3 Å². The van der Waals surface area contributed by atoms with E-state index >= 15 is 0 Å². The monoisotopic (exact) mass is 891 g/mol. The van der Waals surface area contributed by atoms with Gasteiger partial charge in [-0.15, -0.1) is 0 Å². The molecule has 3 heteroatoms. The molecule has 0 radical (unpaired) electrons. The first-order chi connectivity index (χ1) is 33.9. The van der Waals surface area contributed by atoms with Crippen LogP contribution >= 0.6 is 0 Å². The summed E-state index contributed by atoms with van der Waals surface area (Å²) in [5.74, 6) is 0.213. The van der Waals surface area contributed by atoms with E-state index in [9.17, 15) is 0 Å². The summed E-state index contributed by atoms with van der Waals surface area (Å²) in [5, 5.41) is 3.85. The largest absolute Gasteiger partial charge is 0.334 e. The van der Waals surface area contributed by atoms with E-state index < -0.39 is 0 Å². The lowest BCUT2D eigenvalue weighted by molar-refractivity contribution is 0.536. The van der Waals surface area contributed by atoms with Crippen LogP contribution in [0.25, 0.3) is 39.9 Å². The first-order valence-electron chi connectivity index (χ1n) is 24.7. The Kier molecular flexibility index (Phi) is 10.9. The third-order valence-corrected chi connectivity index (χ3v) is 15.1. The number of fused-ring (bicyclic) bond motifs is 6. The maximum atomic E-state index is 2.60. The summed E-state index contributed by atoms with van der Waals surface area (Å²) >= 11 is 0. The van der Waals surface area contributed by atoms with Gasteiger partial charge in [0.1, 0.15) is 0 Å². The Balaban J connectivity index is 0.849. The average molecular weight is 892 g/mol. The molecule has 0 saturated carbocycles. The van der Waals surface area contributed by atoms with Crippen molar-refractivity contribution in [1.82, 2.24) is 4.57 Å². The highest BCUT2D eigenvalue weighted by Gasteiger charge is 2.47. The van der Waals surface area contributed by atoms with Crippen molar-refractivity contribution in [1.29, 1.82) is 0 Å². The number of benzene rings is 7. The third-order valence-electron chi connectivity index (χ3n) is 15.1. The summed E-state index contributed by atoms with van der Waals surface area (Å²) in [6, 6.07) is 67.4. The number of nitrogens with zero attached hydrogens (tertiary/aromatic N) is 3. The second-order valence-electron chi connectivity index (χ2n) is 19.5. The van der Waals surface area contributed by atoms with Crippen LogP contribution in [0.2, 0.25) is 0 Å². The molecular formula is C66H57N3. The topological polar surface area (TPSA) is 11.4 Å². The predicted octanol–water partition coefficient (Wildman–Crippen LogP) is 14.7. The highest BCUT2D eigenvalue weighted by atomic mass is 15.2. The molecule has 4 atom stereocenters. The van der Waals surface area contributed by atoms with Gasteiger partial charge in [-0.1, -0.05) is 187 Å². The molecule has 8 aromatic rings. The first kappa shape index (κ1) is 42.5. The normalized spacial score (nSPS) is 19.5. The molecule has 336 valence electrons. The summed E-state index contributed by atoms with van der Waals surface area (Å²) in [5.41, 5.74) is 17.7. The van der Waals surface area contributed by atoms with E-state index in [0.29, 0.717) is 0 Å². The number of rotatable bonds is 10. The summed E-state index contributed by atoms with van der Waals surface area (Å²) in [6.45, 7) is 6.81. The summed E-state index contributed by atoms with van der Waals surface area (Å²) < 4.78 is 2.42. The highest BCUT2D eigenvalue weighted by Crippen LogP contribution is 2.53. The van der Waals surface area contributed by atoms with E-state index in [-0.39, 0.29) is 23.4 Å². The second kappa shape index (κ2) is 17.6. The molecule has 1 aliphatic heterocycles. The van der Waals surface area contributed by atoms with Crippen molar-refractivity contribution in [3.05, 3.63) is 269 Å². The molecule has 69 heavy (non-hydrogen) atoms. The van der Waals surface area contributed by atoms with Gasteiger partial charge in [-0.2, -0.15) is 0 Å². The van der Waals surface area contributed by atoms with E-state index in [1.165, 1.54) is 94.4 Å². The van der Waals surface area contributed by atoms with Crippen LogP contribution in [-0.2, 0) is 11.8 Å². The van der Waals surface area contributed by atoms with Gasteiger partial charge in [-0.25, -0.2) is 0 Å². The molecule has 12 rings (SSSR count). The van der Waals surface area contributed by atoms with Crippen LogP contribution in [0, 0.1) is 12.8 Å². The lowest BCUT2D eigenvalue weighted by Crippen LogP contribution is -2.40. The minimum absolute atomic E-state index is 0.139. The molecular weight excluding hydrogens is 835 g/mol. The van der Waals surface area contributed by atoms with Crippen molar-refractivity contribution in [2.45, 2.75) is 57.5 Å². The molecule has 4 aliphatic rings. The Morgan fingerprint density at radius 1 is 0.609 bits per heavy atom. The Morgan fingerprint density at radius 3 is 2.01 bits per heavy atom. The van der Waals surface area contributed by atoms with Gasteiger partial charge < -0.3 is 14.4 Å². The minimum atomic E-state index is -0.179. The van der Waals surface area contributed by atoms with Crippen LogP contribution in [0.4, 0.5) is 22.7 Å². The second-order valence-corrected chi connectivity index (χ2v) is 19.5. The van der Waals surface area contributed by atoms with Crippen molar-refractivity contribution in [3.8, 4) is 16.8 Å². The van der Waals surface area contributed by atoms with Gasteiger partial charge in [0.05, 0.1) is 17.6 Å². The van der Waals surface area contributed by atoms with Crippen LogP contribution in [0.3, 0.4) is 0 Å². The maximum absolute atomic E-state index is 2.60. The van der Waals surface area contributed by atoms with Crippen molar-refractivity contribution in [3.63, 3.8) is 0 Å². The molecule has 0 saturated heterocycles. The van der Waals surface area contributed by atoms with E-state index in [1.807, 2.05) is 0 Å². The van der Waals surface area contributed by atoms with Crippen molar-refractivity contribution >= 4 is 45.8 Å². The fourth-order valence-electron chi connectivity index (χ4n) is 11.6. The standard InChI is InChI=1S/C66H57N3/c1-46-15-14-16-51(30-25-46)59(52-35-42-65-66(3,45-52)61-22-11-13-24-64(61)69(65)54-19-8-5-9-20-54)43-48-28-31-49(32-29-48)50-33-38-56(39-34-50)67(55-36-26-47(2)27-37-55)57-40-41-63-60(44-57)58-21-10-12-23-62(58)68(63)53-17-6-4-7-18-53/h4-13,15-39,41-42,44-45,57,59,65H,14,40,43H2,1-3H3. The fourth-order valence-corrected chi connectivity index (χ4v) is 11.6. The quantitative estimate of drug-likeness (QED) is 0.136. The molecule has 0 spiro atoms. The first-order valence-corrected chi connectivity index (χ1v) is 24.7. The predicted molar refractivity (Wildman–Crippen MR) is 291 cm³/mol. The van der Waals surface area contributed by atoms with Crippen LogP contribution < -0.4 is 20.4 Å². The number of hydrogen-bond acceptors (Lipinski definition) is 2. The number of anilines is 4. The van der Waals surface area contributed by atoms with E-state index in [4.69, 9.17) is 0 Å². The van der Waals surface area contributed by atoms with Gasteiger partial charge in [0.2, 0.25) is 0 Å². The molecule has 4 unspecified atom stereocenters. The minimum Gasteiger partial charge on any atom is -0.334 e.